The van der Waals surface area contributed by atoms with E-state index in [1.54, 1.807) is 54.8 Å². The van der Waals surface area contributed by atoms with Crippen LogP contribution in [0.4, 0.5) is 21.0 Å². The van der Waals surface area contributed by atoms with Crippen LogP contribution in [0.5, 0.6) is 0 Å². The van der Waals surface area contributed by atoms with E-state index >= 15 is 0 Å². The van der Waals surface area contributed by atoms with Crippen molar-refractivity contribution < 1.29 is 28.6 Å². The molecule has 0 unspecified atom stereocenters. The normalized spacial score (nSPS) is 16.3. The standard InChI is InChI=1S/C33H40N6O6S/c1-33(2,3)45-32(42)36-27-22-46-21-26(27)35-30(40)25-12-11-23(17-34-25)18-39(16-15-38-13-7-8-14-38)31(41)37-29-20-43-19-28(44-29)24-9-5-4-6-10-24/h4-5,9,11-12,17,19-22H,6-8,10,13-16,18H2,1-3H3,(H,35,40)(H,36,42)(H,37,41). The van der Waals surface area contributed by atoms with Gasteiger partial charge in [-0.2, -0.15) is 0 Å². The molecule has 4 heterocycles. The monoisotopic (exact) mass is 648 g/mol. The van der Waals surface area contributed by atoms with Gasteiger partial charge in [0, 0.05) is 36.6 Å². The number of likely N-dealkylation sites (tertiary alicyclic amines) is 1. The Labute approximate surface area is 272 Å². The molecule has 3 N–H and O–H groups in total. The van der Waals surface area contributed by atoms with Crippen molar-refractivity contribution in [2.24, 2.45) is 0 Å². The lowest BCUT2D eigenvalue weighted by atomic mass is 10.0. The van der Waals surface area contributed by atoms with Crippen molar-refractivity contribution in [3.63, 3.8) is 0 Å². The Morgan fingerprint density at radius 3 is 2.54 bits per heavy atom. The van der Waals surface area contributed by atoms with Gasteiger partial charge in [0.15, 0.2) is 12.0 Å². The molecule has 0 saturated carbocycles. The maximum Gasteiger partial charge on any atom is 0.412 e. The maximum absolute atomic E-state index is 13.5. The molecular formula is C33H40N6O6S. The molecule has 0 spiro atoms. The molecule has 0 radical (unpaired) electrons. The first-order chi connectivity index (χ1) is 22.1. The number of hydrogen-bond donors (Lipinski definition) is 3. The number of amides is 4. The van der Waals surface area contributed by atoms with Crippen LogP contribution in [0, 0.1) is 0 Å². The highest BCUT2D eigenvalue weighted by Gasteiger charge is 2.23. The van der Waals surface area contributed by atoms with Gasteiger partial charge in [0.05, 0.1) is 11.4 Å². The molecule has 2 aromatic heterocycles. The number of rotatable bonds is 10. The largest absolute Gasteiger partial charge is 0.463 e. The molecule has 0 atom stereocenters. The Kier molecular flexibility index (Phi) is 10.8. The van der Waals surface area contributed by atoms with Gasteiger partial charge in [0.25, 0.3) is 5.91 Å². The summed E-state index contributed by atoms with van der Waals surface area (Å²) >= 11 is 1.33. The van der Waals surface area contributed by atoms with Crippen LogP contribution in [0.3, 0.4) is 0 Å². The number of thiophene rings is 1. The molecule has 0 aromatic carbocycles. The molecule has 4 amide bonds. The first-order valence-corrected chi connectivity index (χ1v) is 16.3. The molecule has 2 aromatic rings. The van der Waals surface area contributed by atoms with E-state index in [4.69, 9.17) is 14.2 Å². The van der Waals surface area contributed by atoms with Crippen LogP contribution in [-0.2, 0) is 20.8 Å². The van der Waals surface area contributed by atoms with Crippen LogP contribution in [0.25, 0.3) is 0 Å². The number of carbonyl (C=O) groups excluding carboxylic acids is 3. The number of anilines is 2. The summed E-state index contributed by atoms with van der Waals surface area (Å²) in [6, 6.07) is 3.05. The maximum atomic E-state index is 13.5. The van der Waals surface area contributed by atoms with Gasteiger partial charge in [0.2, 0.25) is 5.88 Å². The van der Waals surface area contributed by atoms with Gasteiger partial charge in [-0.15, -0.1) is 11.3 Å². The van der Waals surface area contributed by atoms with Gasteiger partial charge in [-0.3, -0.25) is 20.4 Å². The minimum absolute atomic E-state index is 0.190. The third kappa shape index (κ3) is 9.44. The average molecular weight is 649 g/mol. The average Bonchev–Trinajstić information content (AvgIpc) is 3.71. The van der Waals surface area contributed by atoms with Gasteiger partial charge < -0.3 is 29.3 Å². The number of nitrogens with zero attached hydrogens (tertiary/aromatic N) is 3. The van der Waals surface area contributed by atoms with Gasteiger partial charge in [0.1, 0.15) is 17.6 Å². The van der Waals surface area contributed by atoms with E-state index in [-0.39, 0.29) is 24.2 Å². The summed E-state index contributed by atoms with van der Waals surface area (Å²) in [5.41, 5.74) is 2.16. The predicted molar refractivity (Wildman–Crippen MR) is 176 cm³/mol. The summed E-state index contributed by atoms with van der Waals surface area (Å²) in [7, 11) is 0. The van der Waals surface area contributed by atoms with Crippen LogP contribution < -0.4 is 16.0 Å². The fourth-order valence-corrected chi connectivity index (χ4v) is 5.71. The molecule has 1 fully saturated rings. The molecule has 244 valence electrons. The van der Waals surface area contributed by atoms with E-state index in [2.05, 4.69) is 31.9 Å². The van der Waals surface area contributed by atoms with Gasteiger partial charge in [-0.05, 0) is 76.7 Å². The summed E-state index contributed by atoms with van der Waals surface area (Å²) in [4.78, 5) is 47.1. The summed E-state index contributed by atoms with van der Waals surface area (Å²) in [6.45, 7) is 8.85. The van der Waals surface area contributed by atoms with Crippen LogP contribution in [0.1, 0.15) is 62.5 Å². The number of allylic oxidation sites excluding steroid dienone is 4. The minimum atomic E-state index is -0.652. The second-order valence-corrected chi connectivity index (χ2v) is 12.8. The van der Waals surface area contributed by atoms with Crippen LogP contribution in [0.2, 0.25) is 0 Å². The molecule has 2 aliphatic heterocycles. The predicted octanol–water partition coefficient (Wildman–Crippen LogP) is 6.31. The van der Waals surface area contributed by atoms with Crippen molar-refractivity contribution >= 4 is 40.7 Å². The molecule has 46 heavy (non-hydrogen) atoms. The molecule has 3 aliphatic rings. The number of nitrogens with one attached hydrogen (secondary N) is 3. The van der Waals surface area contributed by atoms with Gasteiger partial charge in [-0.1, -0.05) is 24.3 Å². The highest BCUT2D eigenvalue weighted by molar-refractivity contribution is 7.09. The third-order valence-electron chi connectivity index (χ3n) is 7.28. The van der Waals surface area contributed by atoms with E-state index < -0.39 is 17.6 Å². The minimum Gasteiger partial charge on any atom is -0.463 e. The van der Waals surface area contributed by atoms with Crippen molar-refractivity contribution in [3.8, 4) is 0 Å². The second kappa shape index (κ2) is 15.1. The Bertz CT molecular complexity index is 1530. The topological polar surface area (TPSA) is 134 Å². The Morgan fingerprint density at radius 1 is 1.07 bits per heavy atom. The van der Waals surface area contributed by atoms with Gasteiger partial charge >= 0.3 is 12.1 Å². The smallest absolute Gasteiger partial charge is 0.412 e. The van der Waals surface area contributed by atoms with Crippen LogP contribution >= 0.6 is 11.3 Å². The molecule has 5 rings (SSSR count). The van der Waals surface area contributed by atoms with Crippen molar-refractivity contribution in [2.45, 2.75) is 58.6 Å². The molecule has 12 nitrogen and oxygen atoms in total. The van der Waals surface area contributed by atoms with Crippen molar-refractivity contribution in [1.29, 1.82) is 0 Å². The number of urea groups is 1. The first kappa shape index (κ1) is 32.8. The number of carbonyl (C=O) groups is 3. The highest BCUT2D eigenvalue weighted by atomic mass is 32.1. The molecular weight excluding hydrogens is 608 g/mol. The quantitative estimate of drug-likeness (QED) is 0.273. The van der Waals surface area contributed by atoms with E-state index in [0.717, 1.165) is 56.5 Å². The fraction of sp³-hybridized carbons (Fsp3) is 0.394. The molecule has 1 aliphatic carbocycles. The molecule has 0 bridgehead atoms. The summed E-state index contributed by atoms with van der Waals surface area (Å²) in [5.74, 6) is 0.344. The molecule has 13 heteroatoms. The fourth-order valence-electron chi connectivity index (χ4n) is 5.00. The van der Waals surface area contributed by atoms with Crippen LogP contribution in [-0.4, -0.2) is 64.6 Å². The Balaban J connectivity index is 1.20. The van der Waals surface area contributed by atoms with Crippen LogP contribution in [0.15, 0.2) is 77.1 Å². The highest BCUT2D eigenvalue weighted by Crippen LogP contribution is 2.28. The zero-order valence-corrected chi connectivity index (χ0v) is 27.2. The number of aromatic nitrogens is 1. The number of ether oxygens (including phenoxy) is 3. The van der Waals surface area contributed by atoms with E-state index in [1.165, 1.54) is 23.9 Å². The number of pyridine rings is 1. The lowest BCUT2D eigenvalue weighted by molar-refractivity contribution is 0.0635. The van der Waals surface area contributed by atoms with Crippen molar-refractivity contribution in [3.05, 3.63) is 88.3 Å². The lowest BCUT2D eigenvalue weighted by Crippen LogP contribution is -2.43. The summed E-state index contributed by atoms with van der Waals surface area (Å²) < 4.78 is 16.7. The Morgan fingerprint density at radius 2 is 1.85 bits per heavy atom. The second-order valence-electron chi connectivity index (χ2n) is 12.1. The Hall–Kier alpha value is -4.62. The SMILES string of the molecule is CC(C)(C)OC(=O)Nc1cscc1NC(=O)c1ccc(CN(CCN2CCCC2)C(=O)NC2=COC=C(C3=CC=CCC3)O2)cn1. The summed E-state index contributed by atoms with van der Waals surface area (Å²) in [5, 5.41) is 11.7. The van der Waals surface area contributed by atoms with E-state index in [9.17, 15) is 14.4 Å². The van der Waals surface area contributed by atoms with E-state index in [1.807, 2.05) is 12.2 Å². The number of hydrogen-bond acceptors (Lipinski definition) is 9. The van der Waals surface area contributed by atoms with E-state index in [0.29, 0.717) is 23.7 Å². The summed E-state index contributed by atoms with van der Waals surface area (Å²) in [6.07, 6.45) is 14.0. The van der Waals surface area contributed by atoms with Gasteiger partial charge in [-0.25, -0.2) is 9.59 Å². The van der Waals surface area contributed by atoms with Crippen molar-refractivity contribution in [1.82, 2.24) is 20.1 Å². The lowest BCUT2D eigenvalue weighted by Gasteiger charge is -2.27. The van der Waals surface area contributed by atoms with Crippen molar-refractivity contribution in [2.75, 3.05) is 36.8 Å². The first-order valence-electron chi connectivity index (χ1n) is 15.3. The zero-order chi connectivity index (χ0) is 32.5. The third-order valence-corrected chi connectivity index (χ3v) is 8.02. The molecule has 1 saturated heterocycles. The zero-order valence-electron chi connectivity index (χ0n) is 26.3.